The first-order valence-electron chi connectivity index (χ1n) is 11.1. The first-order valence-corrected chi connectivity index (χ1v) is 11.1. The van der Waals surface area contributed by atoms with Crippen molar-refractivity contribution in [1.29, 1.82) is 0 Å². The Morgan fingerprint density at radius 1 is 1.28 bits per heavy atom. The van der Waals surface area contributed by atoms with Gasteiger partial charge in [0, 0.05) is 70.0 Å². The molecule has 2 aliphatic carbocycles. The van der Waals surface area contributed by atoms with E-state index in [2.05, 4.69) is 15.3 Å². The highest BCUT2D eigenvalue weighted by molar-refractivity contribution is 5.99. The van der Waals surface area contributed by atoms with E-state index in [0.29, 0.717) is 36.9 Å². The Labute approximate surface area is 185 Å². The van der Waals surface area contributed by atoms with Crippen LogP contribution < -0.4 is 15.0 Å². The predicted molar refractivity (Wildman–Crippen MR) is 115 cm³/mol. The van der Waals surface area contributed by atoms with E-state index in [1.807, 2.05) is 4.90 Å². The fraction of sp³-hybridized carbons (Fsp3) is 0.609. The van der Waals surface area contributed by atoms with Gasteiger partial charge in [-0.25, -0.2) is 4.98 Å². The van der Waals surface area contributed by atoms with Gasteiger partial charge in [-0.3, -0.25) is 9.79 Å². The molecule has 7 nitrogen and oxygen atoms in total. The molecule has 0 saturated heterocycles. The van der Waals surface area contributed by atoms with Gasteiger partial charge in [0.25, 0.3) is 5.92 Å². The number of aromatic nitrogens is 1. The molecule has 2 fully saturated rings. The van der Waals surface area contributed by atoms with Crippen molar-refractivity contribution in [2.75, 3.05) is 25.1 Å². The quantitative estimate of drug-likeness (QED) is 0.749. The molecule has 5 rings (SSSR count). The van der Waals surface area contributed by atoms with Crippen molar-refractivity contribution in [1.82, 2.24) is 10.3 Å². The summed E-state index contributed by atoms with van der Waals surface area (Å²) in [5.41, 5.74) is 2.00. The third-order valence-corrected chi connectivity index (χ3v) is 6.91. The number of rotatable bonds is 5. The van der Waals surface area contributed by atoms with Crippen LogP contribution >= 0.6 is 0 Å². The number of anilines is 1. The summed E-state index contributed by atoms with van der Waals surface area (Å²) in [6.07, 6.45) is 4.16. The molecule has 172 valence electrons. The molecule has 9 heteroatoms. The second-order valence-electron chi connectivity index (χ2n) is 9.42. The zero-order chi connectivity index (χ0) is 22.7. The summed E-state index contributed by atoms with van der Waals surface area (Å²) >= 11 is 0. The van der Waals surface area contributed by atoms with Crippen LogP contribution in [0, 0.1) is 5.41 Å². The minimum atomic E-state index is -3.09. The lowest BCUT2D eigenvalue weighted by Gasteiger charge is -2.34. The predicted octanol–water partition coefficient (Wildman–Crippen LogP) is 3.54. The number of ether oxygens (including phenoxy) is 2. The second-order valence-corrected chi connectivity index (χ2v) is 9.42. The topological polar surface area (TPSA) is 76.1 Å². The molecule has 1 N–H and O–H groups in total. The van der Waals surface area contributed by atoms with E-state index in [9.17, 15) is 13.6 Å². The summed E-state index contributed by atoms with van der Waals surface area (Å²) in [6, 6.07) is 3.10. The van der Waals surface area contributed by atoms with Gasteiger partial charge in [0.05, 0.1) is 12.6 Å². The number of hydrogen-bond acceptors (Lipinski definition) is 6. The van der Waals surface area contributed by atoms with Gasteiger partial charge in [0.1, 0.15) is 29.2 Å². The van der Waals surface area contributed by atoms with Gasteiger partial charge in [-0.2, -0.15) is 8.78 Å². The largest absolute Gasteiger partial charge is 0.490 e. The molecule has 2 aliphatic heterocycles. The first-order chi connectivity index (χ1) is 15.2. The number of amides is 1. The monoisotopic (exact) mass is 446 g/mol. The molecular weight excluding hydrogens is 418 g/mol. The molecule has 32 heavy (non-hydrogen) atoms. The average molecular weight is 446 g/mol. The number of fused-ring (bicyclic) bond motifs is 1. The van der Waals surface area contributed by atoms with E-state index in [0.717, 1.165) is 38.3 Å². The molecular formula is C23H28F2N4O3. The van der Waals surface area contributed by atoms with E-state index in [-0.39, 0.29) is 29.2 Å². The third kappa shape index (κ3) is 3.87. The Balaban J connectivity index is 1.46. The molecule has 1 aromatic heterocycles. The van der Waals surface area contributed by atoms with Crippen LogP contribution in [0.4, 0.5) is 14.6 Å². The van der Waals surface area contributed by atoms with Crippen molar-refractivity contribution < 1.29 is 23.0 Å². The smallest absolute Gasteiger partial charge is 0.287 e. The summed E-state index contributed by atoms with van der Waals surface area (Å²) in [5.74, 6) is -1.80. The molecule has 0 bridgehead atoms. The lowest BCUT2D eigenvalue weighted by atomic mass is 9.92. The maximum absolute atomic E-state index is 14.3. The van der Waals surface area contributed by atoms with Gasteiger partial charge >= 0.3 is 0 Å². The maximum atomic E-state index is 14.3. The van der Waals surface area contributed by atoms with Gasteiger partial charge in [0.2, 0.25) is 5.91 Å². The van der Waals surface area contributed by atoms with Gasteiger partial charge in [-0.1, -0.05) is 0 Å². The summed E-state index contributed by atoms with van der Waals surface area (Å²) in [4.78, 5) is 22.5. The Morgan fingerprint density at radius 3 is 2.66 bits per heavy atom. The van der Waals surface area contributed by atoms with E-state index in [4.69, 9.17) is 9.47 Å². The van der Waals surface area contributed by atoms with Crippen molar-refractivity contribution >= 4 is 17.6 Å². The number of amidine groups is 1. The summed E-state index contributed by atoms with van der Waals surface area (Å²) in [6.45, 7) is 3.52. The number of dihydropyridines is 1. The molecule has 0 aromatic carbocycles. The number of halogens is 2. The summed E-state index contributed by atoms with van der Waals surface area (Å²) in [5, 5.41) is 2.79. The number of carbonyl (C=O) groups excluding carboxylic acids is 1. The third-order valence-electron chi connectivity index (χ3n) is 6.91. The molecule has 3 heterocycles. The molecule has 0 radical (unpaired) electrons. The SMILES string of the molecule is COC1CC(Oc2cc(N3CC4(CC4)C4=C3CC(NC(C)=O)=NC4)nc(C(C)(F)F)c2)C1. The van der Waals surface area contributed by atoms with Gasteiger partial charge in [0.15, 0.2) is 0 Å². The van der Waals surface area contributed by atoms with Crippen LogP contribution in [0.3, 0.4) is 0 Å². The lowest BCUT2D eigenvalue weighted by molar-refractivity contribution is -0.117. The highest BCUT2D eigenvalue weighted by Crippen LogP contribution is 2.59. The fourth-order valence-electron chi connectivity index (χ4n) is 4.85. The van der Waals surface area contributed by atoms with E-state index in [1.54, 1.807) is 13.2 Å². The van der Waals surface area contributed by atoms with Crippen LogP contribution in [0.5, 0.6) is 5.75 Å². The molecule has 4 aliphatic rings. The zero-order valence-electron chi connectivity index (χ0n) is 18.6. The van der Waals surface area contributed by atoms with Crippen LogP contribution in [-0.2, 0) is 15.5 Å². The molecule has 0 unspecified atom stereocenters. The average Bonchev–Trinajstić information content (AvgIpc) is 3.40. The standard InChI is InChI=1S/C23H28F2N4O3/c1-13(30)27-20-10-18-17(11-26-20)23(4-5-23)12-29(18)21-9-16(8-19(28-21)22(2,24)25)32-15-6-14(7-15)31-3/h8-9,14-15H,4-7,10-12H2,1-3H3,(H,26,27,30). The zero-order valence-corrected chi connectivity index (χ0v) is 18.6. The van der Waals surface area contributed by atoms with Crippen molar-refractivity contribution in [2.24, 2.45) is 10.4 Å². The van der Waals surface area contributed by atoms with Crippen molar-refractivity contribution in [3.05, 3.63) is 29.1 Å². The number of nitrogens with one attached hydrogen (secondary N) is 1. The minimum Gasteiger partial charge on any atom is -0.490 e. The normalized spacial score (nSPS) is 25.9. The van der Waals surface area contributed by atoms with Crippen LogP contribution in [0.2, 0.25) is 0 Å². The van der Waals surface area contributed by atoms with Crippen molar-refractivity contribution in [3.63, 3.8) is 0 Å². The number of hydrogen-bond donors (Lipinski definition) is 1. The Morgan fingerprint density at radius 2 is 2.03 bits per heavy atom. The molecule has 1 amide bonds. The fourth-order valence-corrected chi connectivity index (χ4v) is 4.85. The summed E-state index contributed by atoms with van der Waals surface area (Å²) in [7, 11) is 1.66. The van der Waals surface area contributed by atoms with Crippen LogP contribution in [-0.4, -0.2) is 49.1 Å². The number of aliphatic imine (C=N–C) groups is 1. The number of alkyl halides is 2. The number of nitrogens with zero attached hydrogens (tertiary/aromatic N) is 3. The maximum Gasteiger partial charge on any atom is 0.287 e. The molecule has 0 atom stereocenters. The number of pyridine rings is 1. The number of methoxy groups -OCH3 is 1. The van der Waals surface area contributed by atoms with E-state index in [1.165, 1.54) is 18.6 Å². The second kappa shape index (κ2) is 7.50. The molecule has 2 saturated carbocycles. The van der Waals surface area contributed by atoms with Gasteiger partial charge in [-0.05, 0) is 18.4 Å². The molecule has 1 aromatic rings. The Hall–Kier alpha value is -2.55. The van der Waals surface area contributed by atoms with Gasteiger partial charge in [-0.15, -0.1) is 0 Å². The minimum absolute atomic E-state index is 0.0493. The lowest BCUT2D eigenvalue weighted by Crippen LogP contribution is -2.39. The van der Waals surface area contributed by atoms with E-state index < -0.39 is 5.92 Å². The van der Waals surface area contributed by atoms with Gasteiger partial charge < -0.3 is 19.7 Å². The Kier molecular flexibility index (Phi) is 5.00. The highest BCUT2D eigenvalue weighted by Gasteiger charge is 2.54. The van der Waals surface area contributed by atoms with Crippen molar-refractivity contribution in [3.8, 4) is 5.75 Å². The Bertz CT molecular complexity index is 1010. The number of carbonyl (C=O) groups is 1. The molecule has 1 spiro atoms. The highest BCUT2D eigenvalue weighted by atomic mass is 19.3. The van der Waals surface area contributed by atoms with Crippen molar-refractivity contribution in [2.45, 2.75) is 64.1 Å². The van der Waals surface area contributed by atoms with Crippen LogP contribution in [0.15, 0.2) is 28.4 Å². The first kappa shape index (κ1) is 21.3. The van der Waals surface area contributed by atoms with Crippen LogP contribution in [0.1, 0.15) is 51.6 Å². The summed E-state index contributed by atoms with van der Waals surface area (Å²) < 4.78 is 40.0. The van der Waals surface area contributed by atoms with E-state index >= 15 is 0 Å². The van der Waals surface area contributed by atoms with Crippen LogP contribution in [0.25, 0.3) is 0 Å².